The number of nitrogens with zero attached hydrogens (tertiary/aromatic N) is 3. The van der Waals surface area contributed by atoms with E-state index >= 15 is 0 Å². The Kier molecular flexibility index (Phi) is 2.73. The molecule has 5 nitrogen and oxygen atoms in total. The van der Waals surface area contributed by atoms with Crippen LogP contribution in [0.5, 0.6) is 0 Å². The van der Waals surface area contributed by atoms with Crippen LogP contribution in [0.1, 0.15) is 28.9 Å². The van der Waals surface area contributed by atoms with E-state index in [0.717, 1.165) is 18.5 Å². The zero-order valence-corrected chi connectivity index (χ0v) is 9.06. The number of carbonyl (C=O) groups excluding carboxylic acids is 1. The van der Waals surface area contributed by atoms with Crippen LogP contribution in [0.3, 0.4) is 0 Å². The van der Waals surface area contributed by atoms with Gasteiger partial charge in [-0.3, -0.25) is 14.3 Å². The van der Waals surface area contributed by atoms with Crippen LogP contribution in [0.4, 0.5) is 0 Å². The predicted molar refractivity (Wildman–Crippen MR) is 54.2 cm³/mol. The quantitative estimate of drug-likeness (QED) is 0.690. The van der Waals surface area contributed by atoms with Gasteiger partial charge < -0.3 is 0 Å². The number of hydroxylamine groups is 2. The van der Waals surface area contributed by atoms with E-state index in [1.807, 2.05) is 6.92 Å². The third-order valence-electron chi connectivity index (χ3n) is 2.47. The summed E-state index contributed by atoms with van der Waals surface area (Å²) in [5.41, 5.74) is 1.37. The molecule has 1 aromatic rings. The fraction of sp³-hybridized carbons (Fsp3) is 0.600. The second-order valence-electron chi connectivity index (χ2n) is 3.75. The summed E-state index contributed by atoms with van der Waals surface area (Å²) in [7, 11) is 1.81. The van der Waals surface area contributed by atoms with Crippen molar-refractivity contribution < 1.29 is 9.63 Å². The molecule has 1 amide bonds. The molecule has 5 heteroatoms. The maximum atomic E-state index is 12.0. The van der Waals surface area contributed by atoms with Gasteiger partial charge in [0.1, 0.15) is 0 Å². The minimum Gasteiger partial charge on any atom is -0.275 e. The highest BCUT2D eigenvalue weighted by atomic mass is 16.7. The van der Waals surface area contributed by atoms with Gasteiger partial charge in [-0.15, -0.1) is 0 Å². The molecule has 0 N–H and O–H groups in total. The van der Waals surface area contributed by atoms with Gasteiger partial charge >= 0.3 is 0 Å². The van der Waals surface area contributed by atoms with Crippen molar-refractivity contribution in [3.63, 3.8) is 0 Å². The Morgan fingerprint density at radius 2 is 2.33 bits per heavy atom. The van der Waals surface area contributed by atoms with Gasteiger partial charge in [0.15, 0.2) is 0 Å². The summed E-state index contributed by atoms with van der Waals surface area (Å²) >= 11 is 0. The maximum absolute atomic E-state index is 12.0. The zero-order valence-electron chi connectivity index (χ0n) is 9.06. The predicted octanol–water partition coefficient (Wildman–Crippen LogP) is 0.896. The lowest BCUT2D eigenvalue weighted by molar-refractivity contribution is -0.144. The molecule has 0 aliphatic carbocycles. The van der Waals surface area contributed by atoms with Crippen molar-refractivity contribution in [3.8, 4) is 0 Å². The molecular formula is C10H15N3O2. The van der Waals surface area contributed by atoms with E-state index in [4.69, 9.17) is 4.84 Å². The Morgan fingerprint density at radius 1 is 1.53 bits per heavy atom. The van der Waals surface area contributed by atoms with Gasteiger partial charge in [-0.1, -0.05) is 0 Å². The molecular weight excluding hydrogens is 194 g/mol. The number of aromatic nitrogens is 2. The Hall–Kier alpha value is -1.36. The molecule has 1 fully saturated rings. The smallest absolute Gasteiger partial charge is 0.275 e. The van der Waals surface area contributed by atoms with Crippen molar-refractivity contribution >= 4 is 5.91 Å². The van der Waals surface area contributed by atoms with Crippen molar-refractivity contribution in [2.45, 2.75) is 19.8 Å². The number of rotatable bonds is 1. The van der Waals surface area contributed by atoms with Gasteiger partial charge in [0.2, 0.25) is 0 Å². The molecule has 15 heavy (non-hydrogen) atoms. The lowest BCUT2D eigenvalue weighted by atomic mass is 10.2. The van der Waals surface area contributed by atoms with E-state index in [-0.39, 0.29) is 5.91 Å². The fourth-order valence-electron chi connectivity index (χ4n) is 1.70. The Labute approximate surface area is 88.6 Å². The van der Waals surface area contributed by atoms with E-state index in [2.05, 4.69) is 5.10 Å². The molecule has 1 saturated heterocycles. The van der Waals surface area contributed by atoms with Gasteiger partial charge in [-0.25, -0.2) is 5.06 Å². The van der Waals surface area contributed by atoms with Gasteiger partial charge in [0, 0.05) is 19.8 Å². The highest BCUT2D eigenvalue weighted by Crippen LogP contribution is 2.13. The first-order valence-corrected chi connectivity index (χ1v) is 5.13. The minimum atomic E-state index is -0.0831. The molecule has 0 radical (unpaired) electrons. The van der Waals surface area contributed by atoms with Crippen molar-refractivity contribution in [2.75, 3.05) is 13.2 Å². The Bertz CT molecular complexity index is 367. The number of hydrogen-bond donors (Lipinski definition) is 0. The van der Waals surface area contributed by atoms with Crippen molar-refractivity contribution in [1.82, 2.24) is 14.8 Å². The summed E-state index contributed by atoms with van der Waals surface area (Å²) in [6, 6.07) is 0. The molecule has 1 aromatic heterocycles. The van der Waals surface area contributed by atoms with Crippen LogP contribution < -0.4 is 0 Å². The van der Waals surface area contributed by atoms with Gasteiger partial charge in [-0.2, -0.15) is 5.10 Å². The summed E-state index contributed by atoms with van der Waals surface area (Å²) in [6.45, 7) is 3.13. The third-order valence-corrected chi connectivity index (χ3v) is 2.47. The van der Waals surface area contributed by atoms with Crippen LogP contribution in [0.25, 0.3) is 0 Å². The molecule has 0 atom stereocenters. The van der Waals surface area contributed by atoms with Gasteiger partial charge in [0.25, 0.3) is 5.91 Å². The highest BCUT2D eigenvalue weighted by Gasteiger charge is 2.22. The van der Waals surface area contributed by atoms with E-state index in [0.29, 0.717) is 18.7 Å². The van der Waals surface area contributed by atoms with Gasteiger partial charge in [-0.05, 0) is 19.8 Å². The van der Waals surface area contributed by atoms with Crippen LogP contribution in [-0.2, 0) is 11.9 Å². The number of amides is 1. The van der Waals surface area contributed by atoms with Crippen LogP contribution in [0.2, 0.25) is 0 Å². The van der Waals surface area contributed by atoms with Crippen LogP contribution >= 0.6 is 0 Å². The lowest BCUT2D eigenvalue weighted by Crippen LogP contribution is -2.35. The molecule has 0 aromatic carbocycles. The van der Waals surface area contributed by atoms with Gasteiger partial charge in [0.05, 0.1) is 17.9 Å². The van der Waals surface area contributed by atoms with E-state index in [1.165, 1.54) is 5.06 Å². The summed E-state index contributed by atoms with van der Waals surface area (Å²) in [6.07, 6.45) is 3.76. The number of hydrogen-bond acceptors (Lipinski definition) is 3. The molecule has 0 bridgehead atoms. The third kappa shape index (κ3) is 2.02. The number of aryl methyl sites for hydroxylation is 2. The summed E-state index contributed by atoms with van der Waals surface area (Å²) in [5.74, 6) is -0.0831. The first-order chi connectivity index (χ1) is 7.18. The average molecular weight is 209 g/mol. The lowest BCUT2D eigenvalue weighted by Gasteiger charge is -2.25. The topological polar surface area (TPSA) is 47.4 Å². The summed E-state index contributed by atoms with van der Waals surface area (Å²) < 4.78 is 1.65. The molecule has 1 aliphatic heterocycles. The zero-order chi connectivity index (χ0) is 10.8. The van der Waals surface area contributed by atoms with Crippen LogP contribution in [-0.4, -0.2) is 33.9 Å². The average Bonchev–Trinajstić information content (AvgIpc) is 2.58. The van der Waals surface area contributed by atoms with Crippen molar-refractivity contribution in [2.24, 2.45) is 7.05 Å². The van der Waals surface area contributed by atoms with Crippen molar-refractivity contribution in [3.05, 3.63) is 17.5 Å². The molecule has 0 unspecified atom stereocenters. The molecule has 2 heterocycles. The second kappa shape index (κ2) is 4.02. The second-order valence-corrected chi connectivity index (χ2v) is 3.75. The van der Waals surface area contributed by atoms with E-state index in [1.54, 1.807) is 17.9 Å². The standard InChI is InChI=1S/C10H15N3O2/c1-8-9(7-12(2)11-8)10(14)13-5-3-4-6-15-13/h7H,3-6H2,1-2H3. The van der Waals surface area contributed by atoms with E-state index < -0.39 is 0 Å². The van der Waals surface area contributed by atoms with E-state index in [9.17, 15) is 4.79 Å². The van der Waals surface area contributed by atoms with Crippen LogP contribution in [0, 0.1) is 6.92 Å². The molecule has 0 saturated carbocycles. The first-order valence-electron chi connectivity index (χ1n) is 5.13. The summed E-state index contributed by atoms with van der Waals surface area (Å²) in [5, 5.41) is 5.58. The normalized spacial score (nSPS) is 16.8. The molecule has 0 spiro atoms. The Balaban J connectivity index is 2.16. The molecule has 82 valence electrons. The molecule has 1 aliphatic rings. The SMILES string of the molecule is Cc1nn(C)cc1C(=O)N1CCCCO1. The minimum absolute atomic E-state index is 0.0831. The Morgan fingerprint density at radius 3 is 2.87 bits per heavy atom. The first kappa shape index (κ1) is 10.2. The summed E-state index contributed by atoms with van der Waals surface area (Å²) in [4.78, 5) is 17.3. The van der Waals surface area contributed by atoms with Crippen molar-refractivity contribution in [1.29, 1.82) is 0 Å². The highest BCUT2D eigenvalue weighted by molar-refractivity contribution is 5.94. The number of carbonyl (C=O) groups is 1. The van der Waals surface area contributed by atoms with Crippen LogP contribution in [0.15, 0.2) is 6.20 Å². The monoisotopic (exact) mass is 209 g/mol. The largest absolute Gasteiger partial charge is 0.280 e. The fourth-order valence-corrected chi connectivity index (χ4v) is 1.70. The molecule has 2 rings (SSSR count). The maximum Gasteiger partial charge on any atom is 0.280 e.